The highest BCUT2D eigenvalue weighted by Crippen LogP contribution is 2.34. The number of hydrogen-bond acceptors (Lipinski definition) is 0. The van der Waals surface area contributed by atoms with Gasteiger partial charge < -0.3 is 0 Å². The molecule has 6 aromatic carbocycles. The zero-order valence-corrected chi connectivity index (χ0v) is 19.7. The molecule has 0 fully saturated rings. The molecule has 0 spiro atoms. The first kappa shape index (κ1) is 21.5. The van der Waals surface area contributed by atoms with Gasteiger partial charge in [-0.2, -0.15) is 0 Å². The Labute approximate surface area is 211 Å². The largest absolute Gasteiger partial charge is 0.0622 e. The molecule has 0 aliphatic rings. The van der Waals surface area contributed by atoms with E-state index in [-0.39, 0.29) is 0 Å². The molecule has 6 rings (SSSR count). The van der Waals surface area contributed by atoms with E-state index in [0.717, 1.165) is 22.3 Å². The average Bonchev–Trinajstić information content (AvgIpc) is 2.95. The van der Waals surface area contributed by atoms with E-state index >= 15 is 0 Å². The summed E-state index contributed by atoms with van der Waals surface area (Å²) < 4.78 is 0. The summed E-state index contributed by atoms with van der Waals surface area (Å²) in [7, 11) is 0. The van der Waals surface area contributed by atoms with Crippen LogP contribution < -0.4 is 0 Å². The van der Waals surface area contributed by atoms with E-state index in [1.165, 1.54) is 32.7 Å². The third-order valence-corrected chi connectivity index (χ3v) is 6.30. The minimum absolute atomic E-state index is 1.01. The first-order valence-corrected chi connectivity index (χ1v) is 12.0. The number of rotatable bonds is 1. The van der Waals surface area contributed by atoms with E-state index in [9.17, 15) is 0 Å². The Bertz CT molecular complexity index is 1680. The normalized spacial score (nSPS) is 10.3. The molecule has 0 N–H and O–H groups in total. The van der Waals surface area contributed by atoms with Gasteiger partial charge in [-0.15, -0.1) is 0 Å². The summed E-state index contributed by atoms with van der Waals surface area (Å²) in [5.74, 6) is 13.3. The molecule has 0 radical (unpaired) electrons. The lowest BCUT2D eigenvalue weighted by Crippen LogP contribution is -1.87. The van der Waals surface area contributed by atoms with Crippen LogP contribution in [-0.4, -0.2) is 0 Å². The molecule has 0 saturated carbocycles. The van der Waals surface area contributed by atoms with Crippen LogP contribution in [0.5, 0.6) is 0 Å². The molecule has 0 heterocycles. The molecule has 36 heavy (non-hydrogen) atoms. The molecule has 0 aromatic heterocycles. The number of fused-ring (bicyclic) bond motifs is 2. The predicted octanol–water partition coefficient (Wildman–Crippen LogP) is 8.46. The van der Waals surface area contributed by atoms with Crippen molar-refractivity contribution in [3.05, 3.63) is 156 Å². The highest BCUT2D eigenvalue weighted by atomic mass is 14.1. The third kappa shape index (κ3) is 4.50. The van der Waals surface area contributed by atoms with Crippen molar-refractivity contribution in [2.75, 3.05) is 0 Å². The lowest BCUT2D eigenvalue weighted by atomic mass is 9.92. The van der Waals surface area contributed by atoms with Gasteiger partial charge >= 0.3 is 0 Å². The van der Waals surface area contributed by atoms with Gasteiger partial charge in [0.15, 0.2) is 0 Å². The average molecular weight is 455 g/mol. The standard InChI is InChI=1S/C36H22/c1-3-9-27(10-4-1)17-19-29-21-23-31-13-7-15-33(35(31)25-29)34-16-8-14-32-24-22-30(26-36(32)34)20-18-28-11-5-2-6-12-28/h1-16,21-26H. The van der Waals surface area contributed by atoms with Crippen LogP contribution in [0.25, 0.3) is 32.7 Å². The van der Waals surface area contributed by atoms with E-state index in [1.54, 1.807) is 0 Å². The summed E-state index contributed by atoms with van der Waals surface area (Å²) in [6, 6.07) is 46.1. The Balaban J connectivity index is 1.47. The summed E-state index contributed by atoms with van der Waals surface area (Å²) in [5.41, 5.74) is 6.46. The van der Waals surface area contributed by atoms with Gasteiger partial charge in [0.05, 0.1) is 0 Å². The Morgan fingerprint density at radius 1 is 0.306 bits per heavy atom. The second-order valence-corrected chi connectivity index (χ2v) is 8.72. The highest BCUT2D eigenvalue weighted by Gasteiger charge is 2.09. The number of benzene rings is 6. The molecular weight excluding hydrogens is 432 g/mol. The Morgan fingerprint density at radius 3 is 1.17 bits per heavy atom. The van der Waals surface area contributed by atoms with Crippen molar-refractivity contribution in [3.63, 3.8) is 0 Å². The van der Waals surface area contributed by atoms with E-state index < -0.39 is 0 Å². The van der Waals surface area contributed by atoms with E-state index in [0.29, 0.717) is 0 Å². The fourth-order valence-corrected chi connectivity index (χ4v) is 4.50. The summed E-state index contributed by atoms with van der Waals surface area (Å²) in [4.78, 5) is 0. The van der Waals surface area contributed by atoms with Gasteiger partial charge in [-0.05, 0) is 81.2 Å². The Hall–Kier alpha value is -5.04. The van der Waals surface area contributed by atoms with Crippen LogP contribution in [0, 0.1) is 23.7 Å². The van der Waals surface area contributed by atoms with Crippen LogP contribution in [-0.2, 0) is 0 Å². The molecule has 0 unspecified atom stereocenters. The maximum atomic E-state index is 3.34. The van der Waals surface area contributed by atoms with Crippen molar-refractivity contribution in [3.8, 4) is 34.8 Å². The first-order valence-electron chi connectivity index (χ1n) is 12.0. The molecule has 166 valence electrons. The SMILES string of the molecule is C(#Cc1ccc2cccc(-c3cccc4ccc(C#Cc5ccccc5)cc34)c2c1)c1ccccc1. The molecule has 0 saturated heterocycles. The monoisotopic (exact) mass is 454 g/mol. The van der Waals surface area contributed by atoms with E-state index in [2.05, 4.69) is 96.5 Å². The van der Waals surface area contributed by atoms with Gasteiger partial charge in [0, 0.05) is 22.3 Å². The van der Waals surface area contributed by atoms with Crippen molar-refractivity contribution in [2.45, 2.75) is 0 Å². The fourth-order valence-electron chi connectivity index (χ4n) is 4.50. The lowest BCUT2D eigenvalue weighted by Gasteiger charge is -2.11. The summed E-state index contributed by atoms with van der Waals surface area (Å²) >= 11 is 0. The zero-order chi connectivity index (χ0) is 24.2. The minimum atomic E-state index is 1.01. The van der Waals surface area contributed by atoms with Crippen LogP contribution >= 0.6 is 0 Å². The van der Waals surface area contributed by atoms with Gasteiger partial charge in [-0.3, -0.25) is 0 Å². The first-order chi connectivity index (χ1) is 17.8. The molecule has 6 aromatic rings. The van der Waals surface area contributed by atoms with Gasteiger partial charge in [0.25, 0.3) is 0 Å². The molecule has 0 amide bonds. The van der Waals surface area contributed by atoms with E-state index in [1.807, 2.05) is 60.7 Å². The molecular formula is C36H22. The third-order valence-electron chi connectivity index (χ3n) is 6.30. The van der Waals surface area contributed by atoms with Crippen LogP contribution in [0.3, 0.4) is 0 Å². The summed E-state index contributed by atoms with van der Waals surface area (Å²) in [6.07, 6.45) is 0. The van der Waals surface area contributed by atoms with Crippen LogP contribution in [0.4, 0.5) is 0 Å². The molecule has 0 aliphatic carbocycles. The van der Waals surface area contributed by atoms with Crippen molar-refractivity contribution in [1.82, 2.24) is 0 Å². The fraction of sp³-hybridized carbons (Fsp3) is 0. The smallest absolute Gasteiger partial charge is 0.0255 e. The van der Waals surface area contributed by atoms with Crippen molar-refractivity contribution in [1.29, 1.82) is 0 Å². The van der Waals surface area contributed by atoms with E-state index in [4.69, 9.17) is 0 Å². The number of hydrogen-bond donors (Lipinski definition) is 0. The maximum Gasteiger partial charge on any atom is 0.0255 e. The van der Waals surface area contributed by atoms with Gasteiger partial charge in [-0.1, -0.05) is 109 Å². The second kappa shape index (κ2) is 9.68. The van der Waals surface area contributed by atoms with Gasteiger partial charge in [0.1, 0.15) is 0 Å². The summed E-state index contributed by atoms with van der Waals surface area (Å²) in [5, 5.41) is 4.81. The molecule has 0 atom stereocenters. The van der Waals surface area contributed by atoms with Crippen molar-refractivity contribution < 1.29 is 0 Å². The quantitative estimate of drug-likeness (QED) is 0.219. The van der Waals surface area contributed by atoms with Crippen molar-refractivity contribution in [2.24, 2.45) is 0 Å². The maximum absolute atomic E-state index is 3.34. The second-order valence-electron chi connectivity index (χ2n) is 8.72. The molecule has 0 nitrogen and oxygen atoms in total. The molecule has 0 aliphatic heterocycles. The van der Waals surface area contributed by atoms with Gasteiger partial charge in [0.2, 0.25) is 0 Å². The Kier molecular flexibility index (Phi) is 5.78. The van der Waals surface area contributed by atoms with Crippen LogP contribution in [0.2, 0.25) is 0 Å². The predicted molar refractivity (Wildman–Crippen MR) is 152 cm³/mol. The van der Waals surface area contributed by atoms with Crippen LogP contribution in [0.1, 0.15) is 22.3 Å². The molecule has 0 heteroatoms. The van der Waals surface area contributed by atoms with Crippen molar-refractivity contribution >= 4 is 21.5 Å². The molecule has 0 bridgehead atoms. The minimum Gasteiger partial charge on any atom is -0.0622 e. The highest BCUT2D eigenvalue weighted by molar-refractivity contribution is 6.06. The zero-order valence-electron chi connectivity index (χ0n) is 19.7. The summed E-state index contributed by atoms with van der Waals surface area (Å²) in [6.45, 7) is 0. The lowest BCUT2D eigenvalue weighted by molar-refractivity contribution is 1.63. The Morgan fingerprint density at radius 2 is 0.722 bits per heavy atom. The van der Waals surface area contributed by atoms with Gasteiger partial charge in [-0.25, -0.2) is 0 Å². The topological polar surface area (TPSA) is 0 Å². The van der Waals surface area contributed by atoms with Crippen LogP contribution in [0.15, 0.2) is 133 Å².